The standard InChI is InChI=1S/C25H34N3O3/c1-28(17-14-22-13-15-26-19-27-22)16-7-12-23(28)18-31-24(29)25(30,21-10-5-6-11-21)20-8-3-2-4-9-20/h2-4,8-9,13,15,19,21,23,30H,5-7,10-12,14,16-18H2,1H3/q+1/t23?,25-,28?/m0/s1. The summed E-state index contributed by atoms with van der Waals surface area (Å²) in [6.45, 7) is 2.37. The van der Waals surface area contributed by atoms with Gasteiger partial charge in [0.2, 0.25) is 0 Å². The number of likely N-dealkylation sites (tertiary alicyclic amines) is 1. The van der Waals surface area contributed by atoms with E-state index in [1.54, 1.807) is 12.5 Å². The minimum absolute atomic E-state index is 0.0791. The number of hydrogen-bond acceptors (Lipinski definition) is 5. The lowest BCUT2D eigenvalue weighted by atomic mass is 9.80. The molecule has 1 aliphatic heterocycles. The number of carbonyl (C=O) groups excluding carboxylic acids is 1. The van der Waals surface area contributed by atoms with Crippen molar-refractivity contribution in [2.24, 2.45) is 5.92 Å². The highest BCUT2D eigenvalue weighted by molar-refractivity contribution is 5.81. The molecule has 1 aromatic carbocycles. The zero-order valence-corrected chi connectivity index (χ0v) is 18.4. The van der Waals surface area contributed by atoms with Gasteiger partial charge in [0.25, 0.3) is 0 Å². The van der Waals surface area contributed by atoms with E-state index in [0.717, 1.165) is 68.2 Å². The molecule has 0 spiro atoms. The van der Waals surface area contributed by atoms with Crippen LogP contribution in [0.5, 0.6) is 0 Å². The molecule has 1 saturated heterocycles. The van der Waals surface area contributed by atoms with E-state index < -0.39 is 11.6 Å². The van der Waals surface area contributed by atoms with Gasteiger partial charge in [-0.15, -0.1) is 0 Å². The first-order chi connectivity index (χ1) is 15.0. The van der Waals surface area contributed by atoms with E-state index in [1.807, 2.05) is 36.4 Å². The summed E-state index contributed by atoms with van der Waals surface area (Å²) in [6, 6.07) is 11.5. The Morgan fingerprint density at radius 1 is 1.16 bits per heavy atom. The Bertz CT molecular complexity index is 857. The number of likely N-dealkylation sites (N-methyl/N-ethyl adjacent to an activating group) is 1. The summed E-state index contributed by atoms with van der Waals surface area (Å²) < 4.78 is 6.74. The van der Waals surface area contributed by atoms with Crippen LogP contribution in [-0.4, -0.2) is 58.3 Å². The molecule has 2 fully saturated rings. The lowest BCUT2D eigenvalue weighted by Gasteiger charge is -2.37. The molecule has 1 saturated carbocycles. The first kappa shape index (κ1) is 21.9. The van der Waals surface area contributed by atoms with E-state index in [1.165, 1.54) is 0 Å². The highest BCUT2D eigenvalue weighted by Gasteiger charge is 2.48. The Kier molecular flexibility index (Phi) is 6.68. The first-order valence-corrected chi connectivity index (χ1v) is 11.6. The predicted octanol–water partition coefficient (Wildman–Crippen LogP) is 3.25. The molecule has 31 heavy (non-hydrogen) atoms. The lowest BCUT2D eigenvalue weighted by Crippen LogP contribution is -2.52. The van der Waals surface area contributed by atoms with Gasteiger partial charge in [-0.3, -0.25) is 0 Å². The second-order valence-electron chi connectivity index (χ2n) is 9.39. The first-order valence-electron chi connectivity index (χ1n) is 11.6. The van der Waals surface area contributed by atoms with Gasteiger partial charge in [-0.1, -0.05) is 43.2 Å². The van der Waals surface area contributed by atoms with E-state index in [4.69, 9.17) is 4.74 Å². The molecule has 1 aromatic heterocycles. The summed E-state index contributed by atoms with van der Waals surface area (Å²) in [4.78, 5) is 21.6. The fourth-order valence-electron chi connectivity index (χ4n) is 5.41. The summed E-state index contributed by atoms with van der Waals surface area (Å²) in [5, 5.41) is 11.6. The molecule has 1 N–H and O–H groups in total. The van der Waals surface area contributed by atoms with Crippen molar-refractivity contribution in [3.8, 4) is 0 Å². The minimum atomic E-state index is -1.55. The van der Waals surface area contributed by atoms with Crippen molar-refractivity contribution in [2.45, 2.75) is 56.6 Å². The molecule has 2 heterocycles. The SMILES string of the molecule is C[N+]1(CCc2ccncn2)CCCC1COC(=O)[C@](O)(c1ccccc1)C1CCCC1. The molecule has 0 amide bonds. The highest BCUT2D eigenvalue weighted by atomic mass is 16.6. The molecule has 2 unspecified atom stereocenters. The van der Waals surface area contributed by atoms with Crippen LogP contribution >= 0.6 is 0 Å². The van der Waals surface area contributed by atoms with Gasteiger partial charge >= 0.3 is 5.97 Å². The van der Waals surface area contributed by atoms with Crippen molar-refractivity contribution >= 4 is 5.97 Å². The molecule has 2 aliphatic rings. The minimum Gasteiger partial charge on any atom is -0.457 e. The van der Waals surface area contributed by atoms with Crippen LogP contribution in [0.1, 0.15) is 49.8 Å². The Balaban J connectivity index is 1.43. The maximum atomic E-state index is 13.3. The fraction of sp³-hybridized carbons (Fsp3) is 0.560. The van der Waals surface area contributed by atoms with Crippen LogP contribution in [0.2, 0.25) is 0 Å². The lowest BCUT2D eigenvalue weighted by molar-refractivity contribution is -0.921. The molecule has 166 valence electrons. The normalized spacial score (nSPS) is 25.9. The van der Waals surface area contributed by atoms with Gasteiger partial charge < -0.3 is 14.3 Å². The maximum Gasteiger partial charge on any atom is 0.343 e. The number of rotatable bonds is 8. The molecule has 6 heteroatoms. The van der Waals surface area contributed by atoms with Crippen molar-refractivity contribution in [3.63, 3.8) is 0 Å². The third-order valence-electron chi connectivity index (χ3n) is 7.49. The number of carbonyl (C=O) groups is 1. The molecular weight excluding hydrogens is 390 g/mol. The van der Waals surface area contributed by atoms with Crippen LogP contribution in [-0.2, 0) is 21.6 Å². The van der Waals surface area contributed by atoms with Crippen molar-refractivity contribution in [2.75, 3.05) is 26.7 Å². The summed E-state index contributed by atoms with van der Waals surface area (Å²) in [5.41, 5.74) is 0.136. The number of hydrogen-bond donors (Lipinski definition) is 1. The Labute approximate surface area is 184 Å². The fourth-order valence-corrected chi connectivity index (χ4v) is 5.41. The molecule has 1 aliphatic carbocycles. The smallest absolute Gasteiger partial charge is 0.343 e. The van der Waals surface area contributed by atoms with E-state index in [-0.39, 0.29) is 12.0 Å². The van der Waals surface area contributed by atoms with Gasteiger partial charge in [0, 0.05) is 37.1 Å². The molecule has 2 aromatic rings. The third-order valence-corrected chi connectivity index (χ3v) is 7.49. The van der Waals surface area contributed by atoms with Gasteiger partial charge in [-0.25, -0.2) is 14.8 Å². The number of aliphatic hydroxyl groups is 1. The molecule has 0 radical (unpaired) electrons. The van der Waals surface area contributed by atoms with Gasteiger partial charge in [0.15, 0.2) is 5.60 Å². The molecule has 6 nitrogen and oxygen atoms in total. The van der Waals surface area contributed by atoms with Crippen LogP contribution in [0.25, 0.3) is 0 Å². The molecule has 4 rings (SSSR count). The number of ether oxygens (including phenoxy) is 1. The van der Waals surface area contributed by atoms with Crippen LogP contribution in [0.15, 0.2) is 48.9 Å². The highest BCUT2D eigenvalue weighted by Crippen LogP contribution is 2.41. The average molecular weight is 425 g/mol. The van der Waals surface area contributed by atoms with Crippen LogP contribution in [0.3, 0.4) is 0 Å². The quantitative estimate of drug-likeness (QED) is 0.520. The van der Waals surface area contributed by atoms with Crippen LogP contribution in [0.4, 0.5) is 0 Å². The largest absolute Gasteiger partial charge is 0.457 e. The van der Waals surface area contributed by atoms with E-state index >= 15 is 0 Å². The van der Waals surface area contributed by atoms with Gasteiger partial charge in [0.1, 0.15) is 19.0 Å². The zero-order valence-electron chi connectivity index (χ0n) is 18.4. The summed E-state index contributed by atoms with van der Waals surface area (Å²) in [5.74, 6) is -0.565. The maximum absolute atomic E-state index is 13.3. The number of benzene rings is 1. The molecule has 0 bridgehead atoms. The van der Waals surface area contributed by atoms with E-state index in [0.29, 0.717) is 12.2 Å². The number of nitrogens with zero attached hydrogens (tertiary/aromatic N) is 3. The van der Waals surface area contributed by atoms with Crippen molar-refractivity contribution in [1.82, 2.24) is 9.97 Å². The van der Waals surface area contributed by atoms with E-state index in [2.05, 4.69) is 17.0 Å². The number of esters is 1. The van der Waals surface area contributed by atoms with Crippen molar-refractivity contribution in [1.29, 1.82) is 0 Å². The van der Waals surface area contributed by atoms with Crippen molar-refractivity contribution < 1.29 is 19.1 Å². The second-order valence-corrected chi connectivity index (χ2v) is 9.39. The number of quaternary nitrogens is 1. The van der Waals surface area contributed by atoms with Crippen molar-refractivity contribution in [3.05, 3.63) is 60.2 Å². The summed E-state index contributed by atoms with van der Waals surface area (Å²) in [7, 11) is 2.24. The van der Waals surface area contributed by atoms with E-state index in [9.17, 15) is 9.90 Å². The predicted molar refractivity (Wildman–Crippen MR) is 118 cm³/mol. The summed E-state index contributed by atoms with van der Waals surface area (Å²) in [6.07, 6.45) is 10.2. The number of aromatic nitrogens is 2. The van der Waals surface area contributed by atoms with Gasteiger partial charge in [-0.05, 0) is 24.5 Å². The Morgan fingerprint density at radius 2 is 1.94 bits per heavy atom. The third kappa shape index (κ3) is 4.65. The zero-order chi connectivity index (χ0) is 21.7. The summed E-state index contributed by atoms with van der Waals surface area (Å²) >= 11 is 0. The second kappa shape index (κ2) is 9.45. The molecule has 3 atom stereocenters. The van der Waals surface area contributed by atoms with Gasteiger partial charge in [0.05, 0.1) is 20.1 Å². The Hall–Kier alpha value is -2.31. The van der Waals surface area contributed by atoms with Crippen LogP contribution in [0, 0.1) is 5.92 Å². The van der Waals surface area contributed by atoms with Crippen LogP contribution < -0.4 is 0 Å². The van der Waals surface area contributed by atoms with Gasteiger partial charge in [-0.2, -0.15) is 0 Å². The molecular formula is C25H34N3O3+. The average Bonchev–Trinajstić information content (AvgIpc) is 3.48. The Morgan fingerprint density at radius 3 is 2.65 bits per heavy atom. The topological polar surface area (TPSA) is 72.3 Å². The monoisotopic (exact) mass is 424 g/mol.